The van der Waals surface area contributed by atoms with Crippen molar-refractivity contribution >= 4 is 43.6 Å². The molecule has 0 unspecified atom stereocenters. The Hall–Kier alpha value is -6.78. The van der Waals surface area contributed by atoms with Gasteiger partial charge in [-0.25, -0.2) is 9.97 Å². The van der Waals surface area contributed by atoms with Gasteiger partial charge in [-0.2, -0.15) is 0 Å². The van der Waals surface area contributed by atoms with Crippen molar-refractivity contribution < 1.29 is 0 Å². The first-order valence-electron chi connectivity index (χ1n) is 16.9. The Bertz CT molecular complexity index is 2790. The second-order valence-electron chi connectivity index (χ2n) is 12.7. The van der Waals surface area contributed by atoms with Crippen molar-refractivity contribution in [3.8, 4) is 45.1 Å². The third-order valence-corrected chi connectivity index (χ3v) is 9.73. The average molecular weight is 639 g/mol. The fourth-order valence-corrected chi connectivity index (χ4v) is 7.43. The van der Waals surface area contributed by atoms with E-state index in [-0.39, 0.29) is 0 Å². The Balaban J connectivity index is 1.30. The SMILES string of the molecule is c1ccc(-c2cc(-c3ccccc3)cc(-c3nc(-n4c5ccccc5c5ccc6ccn(-c7ccccc7)c6c54)nc4ccccc34)c2)cc1. The van der Waals surface area contributed by atoms with Crippen LogP contribution in [0, 0.1) is 0 Å². The minimum Gasteiger partial charge on any atom is -0.315 e. The fourth-order valence-electron chi connectivity index (χ4n) is 7.43. The maximum atomic E-state index is 5.52. The zero-order valence-corrected chi connectivity index (χ0v) is 27.1. The van der Waals surface area contributed by atoms with Crippen LogP contribution in [0.1, 0.15) is 0 Å². The Morgan fingerprint density at radius 1 is 0.400 bits per heavy atom. The van der Waals surface area contributed by atoms with E-state index >= 15 is 0 Å². The molecule has 50 heavy (non-hydrogen) atoms. The van der Waals surface area contributed by atoms with Gasteiger partial charge in [0.25, 0.3) is 0 Å². The predicted molar refractivity (Wildman–Crippen MR) is 207 cm³/mol. The first kappa shape index (κ1) is 28.3. The second kappa shape index (κ2) is 11.4. The second-order valence-corrected chi connectivity index (χ2v) is 12.7. The summed E-state index contributed by atoms with van der Waals surface area (Å²) < 4.78 is 4.55. The van der Waals surface area contributed by atoms with Gasteiger partial charge in [0.2, 0.25) is 5.95 Å². The molecule has 0 aliphatic carbocycles. The van der Waals surface area contributed by atoms with Crippen molar-refractivity contribution in [3.63, 3.8) is 0 Å². The quantitative estimate of drug-likeness (QED) is 0.188. The van der Waals surface area contributed by atoms with Crippen LogP contribution in [0.2, 0.25) is 0 Å². The van der Waals surface area contributed by atoms with Gasteiger partial charge in [-0.1, -0.05) is 127 Å². The van der Waals surface area contributed by atoms with Crippen molar-refractivity contribution in [3.05, 3.63) is 182 Å². The first-order valence-corrected chi connectivity index (χ1v) is 16.9. The van der Waals surface area contributed by atoms with Crippen LogP contribution in [0.25, 0.3) is 88.8 Å². The monoisotopic (exact) mass is 638 g/mol. The third-order valence-electron chi connectivity index (χ3n) is 9.73. The molecule has 0 radical (unpaired) electrons. The number of para-hydroxylation sites is 3. The van der Waals surface area contributed by atoms with Crippen LogP contribution in [0.5, 0.6) is 0 Å². The molecule has 0 N–H and O–H groups in total. The van der Waals surface area contributed by atoms with E-state index in [1.807, 2.05) is 0 Å². The Kier molecular flexibility index (Phi) is 6.46. The predicted octanol–water partition coefficient (Wildman–Crippen LogP) is 11.7. The molecule has 3 aromatic heterocycles. The van der Waals surface area contributed by atoms with Gasteiger partial charge in [0, 0.05) is 39.0 Å². The van der Waals surface area contributed by atoms with Crippen LogP contribution in [-0.2, 0) is 0 Å². The summed E-state index contributed by atoms with van der Waals surface area (Å²) in [6, 6.07) is 62.1. The number of fused-ring (bicyclic) bond motifs is 6. The molecule has 0 spiro atoms. The van der Waals surface area contributed by atoms with Gasteiger partial charge < -0.3 is 4.57 Å². The highest BCUT2D eigenvalue weighted by molar-refractivity contribution is 6.18. The molecule has 3 heterocycles. The van der Waals surface area contributed by atoms with Gasteiger partial charge in [0.1, 0.15) is 0 Å². The fraction of sp³-hybridized carbons (Fsp3) is 0. The maximum Gasteiger partial charge on any atom is 0.235 e. The topological polar surface area (TPSA) is 35.6 Å². The Labute approximate surface area is 289 Å². The summed E-state index contributed by atoms with van der Waals surface area (Å²) in [6.45, 7) is 0. The van der Waals surface area contributed by atoms with Gasteiger partial charge in [0.15, 0.2) is 0 Å². The number of aromatic nitrogens is 4. The van der Waals surface area contributed by atoms with E-state index in [4.69, 9.17) is 9.97 Å². The van der Waals surface area contributed by atoms with E-state index in [1.165, 1.54) is 10.8 Å². The van der Waals surface area contributed by atoms with E-state index in [2.05, 4.69) is 191 Å². The molecule has 4 nitrogen and oxygen atoms in total. The summed E-state index contributed by atoms with van der Waals surface area (Å²) in [4.78, 5) is 10.8. The normalized spacial score (nSPS) is 11.6. The van der Waals surface area contributed by atoms with Crippen LogP contribution in [0.15, 0.2) is 182 Å². The third kappa shape index (κ3) is 4.54. The molecule has 0 bridgehead atoms. The smallest absolute Gasteiger partial charge is 0.235 e. The molecule has 0 aliphatic rings. The molecule has 4 heteroatoms. The summed E-state index contributed by atoms with van der Waals surface area (Å²) in [6.07, 6.45) is 2.16. The summed E-state index contributed by atoms with van der Waals surface area (Å²) in [7, 11) is 0. The Morgan fingerprint density at radius 2 is 1.00 bits per heavy atom. The molecular weight excluding hydrogens is 609 g/mol. The van der Waals surface area contributed by atoms with E-state index in [9.17, 15) is 0 Å². The lowest BCUT2D eigenvalue weighted by molar-refractivity contribution is 1.01. The van der Waals surface area contributed by atoms with Gasteiger partial charge >= 0.3 is 0 Å². The highest BCUT2D eigenvalue weighted by Gasteiger charge is 2.21. The summed E-state index contributed by atoms with van der Waals surface area (Å²) in [5.41, 5.74) is 11.8. The number of hydrogen-bond donors (Lipinski definition) is 0. The van der Waals surface area contributed by atoms with Crippen LogP contribution >= 0.6 is 0 Å². The molecule has 234 valence electrons. The number of benzene rings is 7. The first-order chi connectivity index (χ1) is 24.8. The molecule has 0 fully saturated rings. The van der Waals surface area contributed by atoms with E-state index in [0.717, 1.165) is 72.0 Å². The van der Waals surface area contributed by atoms with Crippen molar-refractivity contribution in [2.24, 2.45) is 0 Å². The van der Waals surface area contributed by atoms with Crippen LogP contribution in [-0.4, -0.2) is 19.1 Å². The van der Waals surface area contributed by atoms with Gasteiger partial charge in [-0.3, -0.25) is 4.57 Å². The zero-order chi connectivity index (χ0) is 33.0. The highest BCUT2D eigenvalue weighted by Crippen LogP contribution is 2.39. The average Bonchev–Trinajstić information content (AvgIpc) is 3.78. The highest BCUT2D eigenvalue weighted by atomic mass is 15.2. The van der Waals surface area contributed by atoms with Crippen LogP contribution in [0.3, 0.4) is 0 Å². The van der Waals surface area contributed by atoms with Crippen molar-refractivity contribution in [1.29, 1.82) is 0 Å². The minimum atomic E-state index is 0.643. The van der Waals surface area contributed by atoms with Gasteiger partial charge in [-0.05, 0) is 70.8 Å². The van der Waals surface area contributed by atoms with Crippen LogP contribution in [0.4, 0.5) is 0 Å². The minimum absolute atomic E-state index is 0.643. The molecule has 0 saturated heterocycles. The van der Waals surface area contributed by atoms with Gasteiger partial charge in [-0.15, -0.1) is 0 Å². The number of hydrogen-bond acceptors (Lipinski definition) is 2. The summed E-state index contributed by atoms with van der Waals surface area (Å²) >= 11 is 0. The summed E-state index contributed by atoms with van der Waals surface area (Å²) in [5.74, 6) is 0.643. The molecule has 0 saturated carbocycles. The van der Waals surface area contributed by atoms with E-state index < -0.39 is 0 Å². The van der Waals surface area contributed by atoms with E-state index in [1.54, 1.807) is 0 Å². The lowest BCUT2D eigenvalue weighted by Crippen LogP contribution is -2.04. The number of rotatable bonds is 5. The Morgan fingerprint density at radius 3 is 1.72 bits per heavy atom. The van der Waals surface area contributed by atoms with Crippen molar-refractivity contribution in [2.45, 2.75) is 0 Å². The maximum absolute atomic E-state index is 5.52. The van der Waals surface area contributed by atoms with Crippen molar-refractivity contribution in [2.75, 3.05) is 0 Å². The molecule has 7 aromatic carbocycles. The zero-order valence-electron chi connectivity index (χ0n) is 27.1. The lowest BCUT2D eigenvalue weighted by atomic mass is 9.94. The molecule has 0 aliphatic heterocycles. The van der Waals surface area contributed by atoms with Crippen LogP contribution < -0.4 is 0 Å². The largest absolute Gasteiger partial charge is 0.315 e. The van der Waals surface area contributed by atoms with Gasteiger partial charge in [0.05, 0.1) is 27.8 Å². The number of nitrogens with zero attached hydrogens (tertiary/aromatic N) is 4. The molecular formula is C46H30N4. The lowest BCUT2D eigenvalue weighted by Gasteiger charge is -2.15. The standard InChI is InChI=1S/C46H30N4/c1-4-14-31(15-5-1)34-28-35(32-16-6-2-7-17-32)30-36(29-34)43-40-21-10-12-22-41(40)47-46(48-43)50-42-23-13-11-20-38(42)39-25-24-33-26-27-49(44(33)45(39)50)37-18-8-3-9-19-37/h1-30H. The molecule has 0 atom stereocenters. The molecule has 10 rings (SSSR count). The van der Waals surface area contributed by atoms with E-state index in [0.29, 0.717) is 5.95 Å². The molecule has 0 amide bonds. The van der Waals surface area contributed by atoms with Crippen molar-refractivity contribution in [1.82, 2.24) is 19.1 Å². The molecule has 10 aromatic rings. The summed E-state index contributed by atoms with van der Waals surface area (Å²) in [5, 5.41) is 4.51.